The minimum Gasteiger partial charge on any atom is -0.496 e. The highest BCUT2D eigenvalue weighted by molar-refractivity contribution is 7.92. The predicted molar refractivity (Wildman–Crippen MR) is 107 cm³/mol. The van der Waals surface area contributed by atoms with Crippen molar-refractivity contribution in [2.75, 3.05) is 30.0 Å². The van der Waals surface area contributed by atoms with Crippen LogP contribution >= 0.6 is 0 Å². The largest absolute Gasteiger partial charge is 0.496 e. The molecule has 0 saturated carbocycles. The number of para-hydroxylation sites is 1. The molecule has 2 aromatic carbocycles. The third-order valence-corrected chi connectivity index (χ3v) is 5.24. The molecule has 0 atom stereocenters. The Morgan fingerprint density at radius 1 is 1.04 bits per heavy atom. The third-order valence-electron chi connectivity index (χ3n) is 4.03. The van der Waals surface area contributed by atoms with Crippen LogP contribution in [0.3, 0.4) is 0 Å². The fourth-order valence-corrected chi connectivity index (χ4v) is 3.04. The van der Waals surface area contributed by atoms with Crippen molar-refractivity contribution in [3.63, 3.8) is 0 Å². The number of benzene rings is 2. The van der Waals surface area contributed by atoms with Crippen LogP contribution in [0.1, 0.15) is 0 Å². The highest BCUT2D eigenvalue weighted by atomic mass is 32.2. The number of hydrogen-bond acceptors (Lipinski definition) is 6. The lowest BCUT2D eigenvalue weighted by Gasteiger charge is -2.17. The molecule has 0 fully saturated rings. The Labute approximate surface area is 158 Å². The average Bonchev–Trinajstić information content (AvgIpc) is 2.67. The van der Waals surface area contributed by atoms with Gasteiger partial charge in [-0.25, -0.2) is 18.4 Å². The number of ether oxygens (including phenoxy) is 1. The van der Waals surface area contributed by atoms with Gasteiger partial charge in [-0.3, -0.25) is 4.31 Å². The molecule has 0 radical (unpaired) electrons. The lowest BCUT2D eigenvalue weighted by Crippen LogP contribution is -2.24. The Morgan fingerprint density at radius 3 is 2.56 bits per heavy atom. The summed E-state index contributed by atoms with van der Waals surface area (Å²) in [5, 5.41) is 3.18. The molecular weight excluding hydrogens is 364 g/mol. The SMILES string of the molecule is COc1ccccc1-c1cc(Nc2cccc(N(C)S(C)(=O)=O)c2)ncn1. The van der Waals surface area contributed by atoms with Crippen LogP contribution in [0.25, 0.3) is 11.3 Å². The maximum absolute atomic E-state index is 11.7. The number of hydrogen-bond donors (Lipinski definition) is 1. The number of methoxy groups -OCH3 is 1. The fourth-order valence-electron chi connectivity index (χ4n) is 2.55. The number of nitrogens with one attached hydrogen (secondary N) is 1. The Morgan fingerprint density at radius 2 is 1.81 bits per heavy atom. The van der Waals surface area contributed by atoms with E-state index in [-0.39, 0.29) is 0 Å². The molecule has 0 aliphatic rings. The second-order valence-electron chi connectivity index (χ2n) is 5.89. The second-order valence-corrected chi connectivity index (χ2v) is 7.91. The maximum atomic E-state index is 11.7. The Bertz CT molecular complexity index is 1050. The summed E-state index contributed by atoms with van der Waals surface area (Å²) in [5.41, 5.74) is 2.85. The molecule has 1 N–H and O–H groups in total. The first-order chi connectivity index (χ1) is 12.9. The van der Waals surface area contributed by atoms with Gasteiger partial charge in [-0.05, 0) is 30.3 Å². The van der Waals surface area contributed by atoms with E-state index in [2.05, 4.69) is 15.3 Å². The van der Waals surface area contributed by atoms with E-state index in [1.807, 2.05) is 36.4 Å². The first-order valence-corrected chi connectivity index (χ1v) is 10.00. The summed E-state index contributed by atoms with van der Waals surface area (Å²) in [4.78, 5) is 8.56. The van der Waals surface area contributed by atoms with Gasteiger partial charge in [0.05, 0.1) is 24.7 Å². The van der Waals surface area contributed by atoms with E-state index in [4.69, 9.17) is 4.74 Å². The molecule has 140 valence electrons. The Balaban J connectivity index is 1.89. The molecule has 27 heavy (non-hydrogen) atoms. The summed E-state index contributed by atoms with van der Waals surface area (Å²) in [7, 11) is -0.203. The van der Waals surface area contributed by atoms with E-state index in [0.717, 1.165) is 17.6 Å². The molecule has 0 amide bonds. The molecule has 0 aliphatic heterocycles. The van der Waals surface area contributed by atoms with Gasteiger partial charge in [-0.1, -0.05) is 18.2 Å². The van der Waals surface area contributed by atoms with Crippen LogP contribution in [0.5, 0.6) is 5.75 Å². The lowest BCUT2D eigenvalue weighted by atomic mass is 10.1. The van der Waals surface area contributed by atoms with Gasteiger partial charge < -0.3 is 10.1 Å². The van der Waals surface area contributed by atoms with Crippen LogP contribution in [-0.2, 0) is 10.0 Å². The highest BCUT2D eigenvalue weighted by Gasteiger charge is 2.12. The molecule has 8 heteroatoms. The first-order valence-electron chi connectivity index (χ1n) is 8.15. The van der Waals surface area contributed by atoms with E-state index >= 15 is 0 Å². The van der Waals surface area contributed by atoms with Crippen LogP contribution in [-0.4, -0.2) is 38.8 Å². The zero-order valence-electron chi connectivity index (χ0n) is 15.2. The summed E-state index contributed by atoms with van der Waals surface area (Å²) in [5.74, 6) is 1.31. The maximum Gasteiger partial charge on any atom is 0.231 e. The molecular formula is C19H20N4O3S. The number of sulfonamides is 1. The smallest absolute Gasteiger partial charge is 0.231 e. The summed E-state index contributed by atoms with van der Waals surface area (Å²) >= 11 is 0. The van der Waals surface area contributed by atoms with Crippen LogP contribution < -0.4 is 14.4 Å². The van der Waals surface area contributed by atoms with Crippen molar-refractivity contribution in [3.8, 4) is 17.0 Å². The van der Waals surface area contributed by atoms with Gasteiger partial charge in [0.1, 0.15) is 17.9 Å². The van der Waals surface area contributed by atoms with Crippen molar-refractivity contribution in [3.05, 3.63) is 60.9 Å². The molecule has 3 aromatic rings. The van der Waals surface area contributed by atoms with Crippen LogP contribution in [0.4, 0.5) is 17.2 Å². The van der Waals surface area contributed by atoms with Gasteiger partial charge in [-0.2, -0.15) is 0 Å². The summed E-state index contributed by atoms with van der Waals surface area (Å²) in [6, 6.07) is 16.5. The molecule has 0 bridgehead atoms. The lowest BCUT2D eigenvalue weighted by molar-refractivity contribution is 0.416. The molecule has 7 nitrogen and oxygen atoms in total. The van der Waals surface area contributed by atoms with Crippen molar-refractivity contribution in [1.29, 1.82) is 0 Å². The van der Waals surface area contributed by atoms with E-state index in [9.17, 15) is 8.42 Å². The zero-order valence-corrected chi connectivity index (χ0v) is 16.1. The molecule has 3 rings (SSSR count). The van der Waals surface area contributed by atoms with Crippen LogP contribution in [0, 0.1) is 0 Å². The molecule has 1 heterocycles. The zero-order chi connectivity index (χ0) is 19.4. The van der Waals surface area contributed by atoms with Crippen molar-refractivity contribution >= 4 is 27.2 Å². The topological polar surface area (TPSA) is 84.4 Å². The Hall–Kier alpha value is -3.13. The number of aromatic nitrogens is 2. The van der Waals surface area contributed by atoms with Crippen molar-refractivity contribution in [1.82, 2.24) is 9.97 Å². The van der Waals surface area contributed by atoms with Gasteiger partial charge in [-0.15, -0.1) is 0 Å². The second kappa shape index (κ2) is 7.63. The molecule has 1 aromatic heterocycles. The quantitative estimate of drug-likeness (QED) is 0.702. The predicted octanol–water partition coefficient (Wildman–Crippen LogP) is 3.29. The fraction of sp³-hybridized carbons (Fsp3) is 0.158. The first kappa shape index (κ1) is 18.7. The van der Waals surface area contributed by atoms with Crippen molar-refractivity contribution in [2.45, 2.75) is 0 Å². The highest BCUT2D eigenvalue weighted by Crippen LogP contribution is 2.29. The number of anilines is 3. The minimum absolute atomic E-state index is 0.557. The number of nitrogens with zero attached hydrogens (tertiary/aromatic N) is 3. The molecule has 0 spiro atoms. The molecule has 0 unspecified atom stereocenters. The number of rotatable bonds is 6. The van der Waals surface area contributed by atoms with E-state index in [1.165, 1.54) is 17.7 Å². The average molecular weight is 384 g/mol. The van der Waals surface area contributed by atoms with Gasteiger partial charge in [0.15, 0.2) is 0 Å². The third kappa shape index (κ3) is 4.35. The van der Waals surface area contributed by atoms with Gasteiger partial charge >= 0.3 is 0 Å². The normalized spacial score (nSPS) is 11.1. The summed E-state index contributed by atoms with van der Waals surface area (Å²) < 4.78 is 30.1. The Kier molecular flexibility index (Phi) is 5.27. The monoisotopic (exact) mass is 384 g/mol. The van der Waals surface area contributed by atoms with Crippen LogP contribution in [0.2, 0.25) is 0 Å². The van der Waals surface area contributed by atoms with E-state index in [0.29, 0.717) is 22.9 Å². The van der Waals surface area contributed by atoms with Gasteiger partial charge in [0.25, 0.3) is 0 Å². The molecule has 0 aliphatic carbocycles. The van der Waals surface area contributed by atoms with Crippen molar-refractivity contribution < 1.29 is 13.2 Å². The summed E-state index contributed by atoms with van der Waals surface area (Å²) in [6.45, 7) is 0. The van der Waals surface area contributed by atoms with Gasteiger partial charge in [0.2, 0.25) is 10.0 Å². The van der Waals surface area contributed by atoms with Gasteiger partial charge in [0, 0.05) is 24.4 Å². The minimum atomic E-state index is -3.33. The van der Waals surface area contributed by atoms with Crippen LogP contribution in [0.15, 0.2) is 60.9 Å². The van der Waals surface area contributed by atoms with Crippen molar-refractivity contribution in [2.24, 2.45) is 0 Å². The standard InChI is InChI=1S/C19H20N4O3S/c1-23(27(3,24)25)15-8-6-7-14(11-15)22-19-12-17(20-13-21-19)16-9-4-5-10-18(16)26-2/h4-13H,1-3H3,(H,20,21,22). The summed E-state index contributed by atoms with van der Waals surface area (Å²) in [6.07, 6.45) is 2.63. The molecule has 0 saturated heterocycles. The van der Waals surface area contributed by atoms with E-state index < -0.39 is 10.0 Å². The van der Waals surface area contributed by atoms with E-state index in [1.54, 1.807) is 25.3 Å².